The molecule has 0 aliphatic heterocycles. The van der Waals surface area contributed by atoms with E-state index < -0.39 is 0 Å². The second-order valence-corrected chi connectivity index (χ2v) is 6.63. The average Bonchev–Trinajstić information content (AvgIpc) is 2.64. The first-order valence-electron chi connectivity index (χ1n) is 7.81. The lowest BCUT2D eigenvalue weighted by atomic mass is 10.1. The van der Waals surface area contributed by atoms with Crippen LogP contribution in [0.2, 0.25) is 0 Å². The van der Waals surface area contributed by atoms with Gasteiger partial charge in [-0.1, -0.05) is 44.9 Å². The van der Waals surface area contributed by atoms with E-state index >= 15 is 0 Å². The molecule has 2 atom stereocenters. The molecule has 2 unspecified atom stereocenters. The molecule has 1 aliphatic carbocycles. The van der Waals surface area contributed by atoms with Crippen molar-refractivity contribution in [3.8, 4) is 0 Å². The van der Waals surface area contributed by atoms with Gasteiger partial charge >= 0.3 is 5.69 Å². The fraction of sp³-hybridized carbons (Fsp3) is 0.857. The van der Waals surface area contributed by atoms with Crippen LogP contribution >= 0.6 is 11.8 Å². The minimum atomic E-state index is -0.0806. The summed E-state index contributed by atoms with van der Waals surface area (Å²) in [6, 6.07) is 0.536. The molecule has 1 aromatic rings. The first-order chi connectivity index (χ1) is 9.76. The number of nitrogens with one attached hydrogen (secondary N) is 2. The van der Waals surface area contributed by atoms with Gasteiger partial charge in [0.1, 0.15) is 0 Å². The Hall–Kier alpha value is -0.750. The minimum absolute atomic E-state index is 0.0806. The molecule has 6 heteroatoms. The van der Waals surface area contributed by atoms with Crippen molar-refractivity contribution < 1.29 is 0 Å². The van der Waals surface area contributed by atoms with Gasteiger partial charge in [-0.05, 0) is 25.8 Å². The van der Waals surface area contributed by atoms with E-state index in [1.165, 1.54) is 32.1 Å². The lowest BCUT2D eigenvalue weighted by molar-refractivity contribution is 0.481. The highest BCUT2D eigenvalue weighted by Crippen LogP contribution is 2.31. The summed E-state index contributed by atoms with van der Waals surface area (Å²) in [4.78, 5) is 11.8. The molecular formula is C14H26N4OS. The van der Waals surface area contributed by atoms with E-state index in [1.807, 2.05) is 0 Å². The molecule has 1 aliphatic rings. The van der Waals surface area contributed by atoms with Gasteiger partial charge in [0.15, 0.2) is 5.16 Å². The summed E-state index contributed by atoms with van der Waals surface area (Å²) in [6.45, 7) is 6.00. The number of H-pyrrole nitrogens is 1. The molecule has 0 amide bonds. The number of hydrogen-bond donors (Lipinski definition) is 2. The molecule has 2 N–H and O–H groups in total. The number of hydrogen-bond acceptors (Lipinski definition) is 4. The van der Waals surface area contributed by atoms with E-state index in [0.29, 0.717) is 11.3 Å². The number of aromatic amines is 1. The highest BCUT2D eigenvalue weighted by atomic mass is 32.2. The predicted molar refractivity (Wildman–Crippen MR) is 83.3 cm³/mol. The van der Waals surface area contributed by atoms with Gasteiger partial charge in [0.2, 0.25) is 0 Å². The first-order valence-corrected chi connectivity index (χ1v) is 8.69. The predicted octanol–water partition coefficient (Wildman–Crippen LogP) is 2.38. The second-order valence-electron chi connectivity index (χ2n) is 5.42. The Balaban J connectivity index is 2.11. The van der Waals surface area contributed by atoms with Crippen molar-refractivity contribution in [2.45, 2.75) is 75.4 Å². The number of nitrogens with zero attached hydrogens (tertiary/aromatic N) is 2. The highest BCUT2D eigenvalue weighted by molar-refractivity contribution is 7.99. The third kappa shape index (κ3) is 3.88. The molecule has 0 saturated heterocycles. The molecule has 1 saturated carbocycles. The van der Waals surface area contributed by atoms with Crippen molar-refractivity contribution >= 4 is 11.8 Å². The maximum absolute atomic E-state index is 11.8. The van der Waals surface area contributed by atoms with Crippen LogP contribution in [0.15, 0.2) is 9.95 Å². The van der Waals surface area contributed by atoms with E-state index in [9.17, 15) is 4.79 Å². The summed E-state index contributed by atoms with van der Waals surface area (Å²) >= 11 is 1.77. The number of aromatic nitrogens is 3. The van der Waals surface area contributed by atoms with Crippen LogP contribution in [0.5, 0.6) is 0 Å². The maximum Gasteiger partial charge on any atom is 0.343 e. The largest absolute Gasteiger partial charge is 0.343 e. The summed E-state index contributed by atoms with van der Waals surface area (Å²) in [5.41, 5.74) is -0.0806. The topological polar surface area (TPSA) is 62.7 Å². The molecule has 1 fully saturated rings. The van der Waals surface area contributed by atoms with Gasteiger partial charge in [-0.3, -0.25) is 4.57 Å². The molecular weight excluding hydrogens is 272 g/mol. The van der Waals surface area contributed by atoms with Crippen molar-refractivity contribution in [2.24, 2.45) is 0 Å². The fourth-order valence-electron chi connectivity index (χ4n) is 2.86. The molecule has 0 aromatic carbocycles. The maximum atomic E-state index is 11.8. The molecule has 5 nitrogen and oxygen atoms in total. The van der Waals surface area contributed by atoms with Gasteiger partial charge in [-0.15, -0.1) is 5.10 Å². The van der Waals surface area contributed by atoms with Crippen molar-refractivity contribution in [3.05, 3.63) is 10.5 Å². The van der Waals surface area contributed by atoms with Gasteiger partial charge in [-0.25, -0.2) is 9.89 Å². The SMILES string of the molecule is CCCn1c(SC2CCCCCC2NCC)n[nH]c1=O. The standard InChI is InChI=1S/C14H26N4OS/c1-3-10-18-13(19)16-17-14(18)20-12-9-7-5-6-8-11(12)15-4-2/h11-12,15H,3-10H2,1-2H3,(H,16,19). The van der Waals surface area contributed by atoms with Crippen LogP contribution in [0.4, 0.5) is 0 Å². The number of rotatable bonds is 6. The molecule has 20 heavy (non-hydrogen) atoms. The van der Waals surface area contributed by atoms with E-state index in [0.717, 1.165) is 24.7 Å². The monoisotopic (exact) mass is 298 g/mol. The third-order valence-electron chi connectivity index (χ3n) is 3.85. The molecule has 0 bridgehead atoms. The molecule has 0 radical (unpaired) electrons. The Kier molecular flexibility index (Phi) is 6.16. The fourth-order valence-corrected chi connectivity index (χ4v) is 4.21. The Labute approximate surface area is 124 Å². The normalized spacial score (nSPS) is 23.7. The summed E-state index contributed by atoms with van der Waals surface area (Å²) in [5.74, 6) is 0. The van der Waals surface area contributed by atoms with E-state index in [-0.39, 0.29) is 5.69 Å². The van der Waals surface area contributed by atoms with E-state index in [4.69, 9.17) is 0 Å². The van der Waals surface area contributed by atoms with Gasteiger partial charge < -0.3 is 5.32 Å². The average molecular weight is 298 g/mol. The molecule has 114 valence electrons. The van der Waals surface area contributed by atoms with E-state index in [1.54, 1.807) is 16.3 Å². The molecule has 1 heterocycles. The van der Waals surface area contributed by atoms with Crippen LogP contribution in [0.1, 0.15) is 52.4 Å². The minimum Gasteiger partial charge on any atom is -0.313 e. The zero-order valence-corrected chi connectivity index (χ0v) is 13.3. The van der Waals surface area contributed by atoms with Gasteiger partial charge in [0.25, 0.3) is 0 Å². The quantitative estimate of drug-likeness (QED) is 0.792. The van der Waals surface area contributed by atoms with Crippen LogP contribution < -0.4 is 11.0 Å². The van der Waals surface area contributed by atoms with Crippen molar-refractivity contribution in [2.75, 3.05) is 6.54 Å². The van der Waals surface area contributed by atoms with Crippen LogP contribution in [0.25, 0.3) is 0 Å². The summed E-state index contributed by atoms with van der Waals surface area (Å²) in [5, 5.41) is 11.8. The van der Waals surface area contributed by atoms with Gasteiger partial charge in [-0.2, -0.15) is 0 Å². The Morgan fingerprint density at radius 1 is 1.35 bits per heavy atom. The van der Waals surface area contributed by atoms with Gasteiger partial charge in [0.05, 0.1) is 0 Å². The number of thioether (sulfide) groups is 1. The van der Waals surface area contributed by atoms with Crippen LogP contribution in [0, 0.1) is 0 Å². The molecule has 2 rings (SSSR count). The Bertz CT molecular complexity index is 456. The highest BCUT2D eigenvalue weighted by Gasteiger charge is 2.26. The first kappa shape index (κ1) is 15.6. The molecule has 0 spiro atoms. The Morgan fingerprint density at radius 3 is 2.90 bits per heavy atom. The van der Waals surface area contributed by atoms with Crippen molar-refractivity contribution in [1.29, 1.82) is 0 Å². The summed E-state index contributed by atoms with van der Waals surface area (Å²) < 4.78 is 1.78. The second kappa shape index (κ2) is 7.88. The van der Waals surface area contributed by atoms with Crippen molar-refractivity contribution in [1.82, 2.24) is 20.1 Å². The Morgan fingerprint density at radius 2 is 2.15 bits per heavy atom. The summed E-state index contributed by atoms with van der Waals surface area (Å²) in [6.07, 6.45) is 7.29. The lowest BCUT2D eigenvalue weighted by Gasteiger charge is -2.24. The van der Waals surface area contributed by atoms with Crippen LogP contribution in [-0.4, -0.2) is 32.6 Å². The van der Waals surface area contributed by atoms with E-state index in [2.05, 4.69) is 29.4 Å². The van der Waals surface area contributed by atoms with Gasteiger partial charge in [0, 0.05) is 17.8 Å². The molecule has 1 aromatic heterocycles. The zero-order valence-electron chi connectivity index (χ0n) is 12.5. The summed E-state index contributed by atoms with van der Waals surface area (Å²) in [7, 11) is 0. The third-order valence-corrected chi connectivity index (χ3v) is 5.24. The van der Waals surface area contributed by atoms with Crippen molar-refractivity contribution in [3.63, 3.8) is 0 Å². The smallest absolute Gasteiger partial charge is 0.313 e. The van der Waals surface area contributed by atoms with Crippen LogP contribution in [0.3, 0.4) is 0 Å². The lowest BCUT2D eigenvalue weighted by Crippen LogP contribution is -2.37. The zero-order chi connectivity index (χ0) is 14.4. The van der Waals surface area contributed by atoms with Crippen LogP contribution in [-0.2, 0) is 6.54 Å².